The number of rotatable bonds is 3. The molecule has 0 aliphatic heterocycles. The second-order valence-corrected chi connectivity index (χ2v) is 4.93. The van der Waals surface area contributed by atoms with E-state index < -0.39 is 0 Å². The number of aromatic nitrogens is 2. The molecule has 1 aromatic heterocycles. The van der Waals surface area contributed by atoms with E-state index in [0.29, 0.717) is 0 Å². The highest BCUT2D eigenvalue weighted by Gasteiger charge is 2.04. The molecule has 5 heteroatoms. The van der Waals surface area contributed by atoms with E-state index in [-0.39, 0.29) is 0 Å². The average Bonchev–Trinajstić information content (AvgIpc) is 2.29. The van der Waals surface area contributed by atoms with Crippen LogP contribution >= 0.6 is 27.5 Å². The summed E-state index contributed by atoms with van der Waals surface area (Å²) in [5.74, 6) is 0.867. The molecule has 2 rings (SSSR count). The molecule has 0 saturated heterocycles. The third kappa shape index (κ3) is 3.41. The Labute approximate surface area is 114 Å². The first-order chi connectivity index (χ1) is 8.15. The fourth-order valence-corrected chi connectivity index (χ4v) is 2.03. The van der Waals surface area contributed by atoms with Crippen molar-refractivity contribution in [2.45, 2.75) is 6.54 Å². The molecule has 17 heavy (non-hydrogen) atoms. The van der Waals surface area contributed by atoms with Gasteiger partial charge in [-0.15, -0.1) is 0 Å². The quantitative estimate of drug-likeness (QED) is 0.812. The molecule has 1 aromatic carbocycles. The van der Waals surface area contributed by atoms with Crippen molar-refractivity contribution in [1.82, 2.24) is 9.97 Å². The van der Waals surface area contributed by atoms with Crippen LogP contribution in [-0.4, -0.2) is 17.0 Å². The van der Waals surface area contributed by atoms with E-state index in [1.165, 1.54) is 6.33 Å². The highest BCUT2D eigenvalue weighted by Crippen LogP contribution is 2.17. The Morgan fingerprint density at radius 3 is 2.82 bits per heavy atom. The predicted molar refractivity (Wildman–Crippen MR) is 73.3 cm³/mol. The van der Waals surface area contributed by atoms with Crippen LogP contribution in [0.2, 0.25) is 5.02 Å². The zero-order chi connectivity index (χ0) is 12.3. The van der Waals surface area contributed by atoms with Crippen molar-refractivity contribution in [3.8, 4) is 0 Å². The Morgan fingerprint density at radius 2 is 2.12 bits per heavy atom. The van der Waals surface area contributed by atoms with E-state index in [9.17, 15) is 0 Å². The summed E-state index contributed by atoms with van der Waals surface area (Å²) in [5, 5.41) is 0.750. The fraction of sp³-hybridized carbons (Fsp3) is 0.167. The molecule has 0 unspecified atom stereocenters. The molecule has 0 saturated carbocycles. The molecule has 0 N–H and O–H groups in total. The van der Waals surface area contributed by atoms with Gasteiger partial charge in [0.1, 0.15) is 16.7 Å². The zero-order valence-corrected chi connectivity index (χ0v) is 11.6. The van der Waals surface area contributed by atoms with Crippen LogP contribution in [0.4, 0.5) is 5.82 Å². The van der Waals surface area contributed by atoms with Gasteiger partial charge in [-0.3, -0.25) is 0 Å². The zero-order valence-electron chi connectivity index (χ0n) is 9.27. The van der Waals surface area contributed by atoms with Gasteiger partial charge in [-0.1, -0.05) is 23.7 Å². The minimum atomic E-state index is 0.750. The molecular formula is C12H11BrClN3. The smallest absolute Gasteiger partial charge is 0.133 e. The molecule has 0 radical (unpaired) electrons. The monoisotopic (exact) mass is 311 g/mol. The van der Waals surface area contributed by atoms with Crippen molar-refractivity contribution in [2.24, 2.45) is 0 Å². The predicted octanol–water partition coefficient (Wildman–Crippen LogP) is 3.53. The Bertz CT molecular complexity index is 519. The molecule has 3 nitrogen and oxygen atoms in total. The molecule has 0 bridgehead atoms. The third-order valence-corrected chi connectivity index (χ3v) is 2.99. The second-order valence-electron chi connectivity index (χ2n) is 3.68. The molecule has 0 aliphatic carbocycles. The van der Waals surface area contributed by atoms with Crippen LogP contribution < -0.4 is 4.90 Å². The lowest BCUT2D eigenvalue weighted by Crippen LogP contribution is -2.17. The lowest BCUT2D eigenvalue weighted by Gasteiger charge is -2.18. The number of benzene rings is 1. The van der Waals surface area contributed by atoms with E-state index in [4.69, 9.17) is 11.6 Å². The van der Waals surface area contributed by atoms with E-state index in [0.717, 1.165) is 27.6 Å². The van der Waals surface area contributed by atoms with Gasteiger partial charge < -0.3 is 4.90 Å². The molecule has 0 aliphatic rings. The first kappa shape index (κ1) is 12.3. The Kier molecular flexibility index (Phi) is 3.97. The molecule has 2 aromatic rings. The lowest BCUT2D eigenvalue weighted by molar-refractivity contribution is 0.888. The summed E-state index contributed by atoms with van der Waals surface area (Å²) in [6.07, 6.45) is 1.54. The largest absolute Gasteiger partial charge is 0.355 e. The summed E-state index contributed by atoms with van der Waals surface area (Å²) in [5.41, 5.74) is 1.15. The van der Waals surface area contributed by atoms with Gasteiger partial charge in [-0.2, -0.15) is 0 Å². The maximum atomic E-state index is 5.95. The molecule has 0 atom stereocenters. The second kappa shape index (κ2) is 5.47. The first-order valence-corrected chi connectivity index (χ1v) is 6.25. The maximum absolute atomic E-state index is 5.95. The molecule has 0 spiro atoms. The fourth-order valence-electron chi connectivity index (χ4n) is 1.52. The molecule has 1 heterocycles. The van der Waals surface area contributed by atoms with Crippen LogP contribution in [0, 0.1) is 0 Å². The van der Waals surface area contributed by atoms with Crippen molar-refractivity contribution >= 4 is 33.3 Å². The van der Waals surface area contributed by atoms with Crippen LogP contribution in [0.5, 0.6) is 0 Å². The van der Waals surface area contributed by atoms with E-state index in [1.54, 1.807) is 0 Å². The molecular weight excluding hydrogens is 302 g/mol. The van der Waals surface area contributed by atoms with Crippen LogP contribution in [-0.2, 0) is 6.54 Å². The molecule has 0 amide bonds. The molecule has 0 fully saturated rings. The lowest BCUT2D eigenvalue weighted by atomic mass is 10.2. The van der Waals surface area contributed by atoms with E-state index >= 15 is 0 Å². The van der Waals surface area contributed by atoms with Crippen molar-refractivity contribution in [3.05, 3.63) is 51.8 Å². The van der Waals surface area contributed by atoms with Crippen molar-refractivity contribution in [1.29, 1.82) is 0 Å². The number of halogens is 2. The van der Waals surface area contributed by atoms with Crippen molar-refractivity contribution in [2.75, 3.05) is 11.9 Å². The topological polar surface area (TPSA) is 29.0 Å². The third-order valence-electron chi connectivity index (χ3n) is 2.32. The van der Waals surface area contributed by atoms with Crippen molar-refractivity contribution in [3.63, 3.8) is 0 Å². The van der Waals surface area contributed by atoms with Crippen molar-refractivity contribution < 1.29 is 0 Å². The molecule has 88 valence electrons. The van der Waals surface area contributed by atoms with Gasteiger partial charge in [0.25, 0.3) is 0 Å². The number of hydrogen-bond acceptors (Lipinski definition) is 3. The Hall–Kier alpha value is -1.13. The number of nitrogens with zero attached hydrogens (tertiary/aromatic N) is 3. The summed E-state index contributed by atoms with van der Waals surface area (Å²) in [7, 11) is 1.98. The maximum Gasteiger partial charge on any atom is 0.133 e. The van der Waals surface area contributed by atoms with Gasteiger partial charge in [0, 0.05) is 24.7 Å². The Balaban J connectivity index is 2.14. The summed E-state index contributed by atoms with van der Waals surface area (Å²) in [6.45, 7) is 0.754. The van der Waals surface area contributed by atoms with Gasteiger partial charge in [-0.25, -0.2) is 9.97 Å². The summed E-state index contributed by atoms with van der Waals surface area (Å²) in [4.78, 5) is 10.3. The van der Waals surface area contributed by atoms with Crippen LogP contribution in [0.1, 0.15) is 5.56 Å². The summed E-state index contributed by atoms with van der Waals surface area (Å²) in [6, 6.07) is 9.69. The van der Waals surface area contributed by atoms with Crippen LogP contribution in [0.25, 0.3) is 0 Å². The minimum Gasteiger partial charge on any atom is -0.355 e. The van der Waals surface area contributed by atoms with E-state index in [2.05, 4.69) is 25.9 Å². The SMILES string of the molecule is CN(Cc1cccc(Cl)c1)c1cc(Br)ncn1. The van der Waals surface area contributed by atoms with Gasteiger partial charge >= 0.3 is 0 Å². The van der Waals surface area contributed by atoms with Crippen LogP contribution in [0.15, 0.2) is 41.3 Å². The Morgan fingerprint density at radius 1 is 1.29 bits per heavy atom. The first-order valence-electron chi connectivity index (χ1n) is 5.08. The standard InChI is InChI=1S/C12H11BrClN3/c1-17(12-6-11(13)15-8-16-12)7-9-3-2-4-10(14)5-9/h2-6,8H,7H2,1H3. The highest BCUT2D eigenvalue weighted by atomic mass is 79.9. The summed E-state index contributed by atoms with van der Waals surface area (Å²) < 4.78 is 0.778. The van der Waals surface area contributed by atoms with Crippen LogP contribution in [0.3, 0.4) is 0 Å². The van der Waals surface area contributed by atoms with Gasteiger partial charge in [0.15, 0.2) is 0 Å². The highest BCUT2D eigenvalue weighted by molar-refractivity contribution is 9.10. The van der Waals surface area contributed by atoms with Gasteiger partial charge in [-0.05, 0) is 33.6 Å². The van der Waals surface area contributed by atoms with Gasteiger partial charge in [0.05, 0.1) is 0 Å². The number of hydrogen-bond donors (Lipinski definition) is 0. The van der Waals surface area contributed by atoms with Gasteiger partial charge in [0.2, 0.25) is 0 Å². The summed E-state index contributed by atoms with van der Waals surface area (Å²) >= 11 is 9.28. The number of anilines is 1. The minimum absolute atomic E-state index is 0.750. The normalized spacial score (nSPS) is 10.3. The van der Waals surface area contributed by atoms with E-state index in [1.807, 2.05) is 42.3 Å². The average molecular weight is 313 g/mol.